The van der Waals surface area contributed by atoms with Gasteiger partial charge in [-0.2, -0.15) is 0 Å². The molecule has 1 N–H and O–H groups in total. The number of anilines is 1. The topological polar surface area (TPSA) is 38.3 Å². The van der Waals surface area contributed by atoms with E-state index in [1.54, 1.807) is 12.1 Å². The molecule has 0 saturated heterocycles. The highest BCUT2D eigenvalue weighted by Gasteiger charge is 2.12. The molecule has 0 heterocycles. The van der Waals surface area contributed by atoms with Crippen LogP contribution in [-0.2, 0) is 4.79 Å². The second-order valence-corrected chi connectivity index (χ2v) is 6.18. The number of aryl methyl sites for hydroxylation is 1. The third-order valence-electron chi connectivity index (χ3n) is 2.71. The molecule has 0 saturated carbocycles. The molecule has 0 aliphatic heterocycles. The molecule has 7 heteroatoms. The van der Waals surface area contributed by atoms with Crippen molar-refractivity contribution in [2.24, 2.45) is 0 Å². The zero-order valence-electron chi connectivity index (χ0n) is 11.4. The minimum Gasteiger partial charge on any atom is -0.481 e. The molecule has 0 aliphatic carbocycles. The molecule has 0 unspecified atom stereocenters. The highest BCUT2D eigenvalue weighted by Crippen LogP contribution is 2.35. The van der Waals surface area contributed by atoms with Crippen molar-refractivity contribution in [3.63, 3.8) is 0 Å². The Balaban J connectivity index is 2.02. The van der Waals surface area contributed by atoms with Gasteiger partial charge in [-0.3, -0.25) is 4.79 Å². The molecular formula is C15H11Cl4NO2. The Morgan fingerprint density at radius 3 is 2.27 bits per heavy atom. The quantitative estimate of drug-likeness (QED) is 0.748. The molecule has 2 aromatic rings. The molecule has 0 aromatic heterocycles. The Hall–Kier alpha value is -1.13. The summed E-state index contributed by atoms with van der Waals surface area (Å²) < 4.78 is 5.34. The van der Waals surface area contributed by atoms with Crippen LogP contribution in [0.2, 0.25) is 20.1 Å². The Morgan fingerprint density at radius 2 is 1.68 bits per heavy atom. The molecule has 0 aliphatic rings. The monoisotopic (exact) mass is 377 g/mol. The van der Waals surface area contributed by atoms with Crippen LogP contribution < -0.4 is 10.1 Å². The molecule has 0 bridgehead atoms. The maximum atomic E-state index is 11.9. The number of hydrogen-bond donors (Lipinski definition) is 1. The van der Waals surface area contributed by atoms with Crippen molar-refractivity contribution in [1.29, 1.82) is 0 Å². The van der Waals surface area contributed by atoms with Gasteiger partial charge in [0.2, 0.25) is 0 Å². The van der Waals surface area contributed by atoms with E-state index in [0.717, 1.165) is 5.56 Å². The van der Waals surface area contributed by atoms with Crippen LogP contribution >= 0.6 is 46.4 Å². The largest absolute Gasteiger partial charge is 0.481 e. The molecular weight excluding hydrogens is 368 g/mol. The highest BCUT2D eigenvalue weighted by atomic mass is 35.5. The van der Waals surface area contributed by atoms with Gasteiger partial charge in [0.1, 0.15) is 0 Å². The van der Waals surface area contributed by atoms with Gasteiger partial charge in [0.05, 0.1) is 20.8 Å². The first-order valence-electron chi connectivity index (χ1n) is 6.20. The Bertz CT molecular complexity index is 696. The predicted octanol–water partition coefficient (Wildman–Crippen LogP) is 5.63. The van der Waals surface area contributed by atoms with Gasteiger partial charge in [0.25, 0.3) is 5.91 Å². The second kappa shape index (κ2) is 7.42. The van der Waals surface area contributed by atoms with Crippen molar-refractivity contribution < 1.29 is 9.53 Å². The molecule has 2 rings (SSSR count). The van der Waals surface area contributed by atoms with Crippen molar-refractivity contribution in [2.45, 2.75) is 6.92 Å². The first-order valence-corrected chi connectivity index (χ1v) is 7.71. The lowest BCUT2D eigenvalue weighted by atomic mass is 10.2. The van der Waals surface area contributed by atoms with Crippen molar-refractivity contribution >= 4 is 58.0 Å². The minimum absolute atomic E-state index is 0.206. The lowest BCUT2D eigenvalue weighted by Gasteiger charge is -2.11. The number of halogens is 4. The van der Waals surface area contributed by atoms with Crippen molar-refractivity contribution in [3.8, 4) is 5.75 Å². The van der Waals surface area contributed by atoms with E-state index in [-0.39, 0.29) is 28.3 Å². The fourth-order valence-electron chi connectivity index (χ4n) is 1.71. The zero-order chi connectivity index (χ0) is 16.3. The van der Waals surface area contributed by atoms with Gasteiger partial charge in [-0.05, 0) is 36.8 Å². The number of rotatable bonds is 4. The van der Waals surface area contributed by atoms with E-state index < -0.39 is 0 Å². The van der Waals surface area contributed by atoms with Gasteiger partial charge in [-0.25, -0.2) is 0 Å². The summed E-state index contributed by atoms with van der Waals surface area (Å²) in [5, 5.41) is 3.96. The molecule has 0 atom stereocenters. The number of benzene rings is 2. The Kier molecular flexibility index (Phi) is 5.81. The number of nitrogens with one attached hydrogen (secondary N) is 1. The minimum atomic E-state index is -0.382. The third-order valence-corrected chi connectivity index (χ3v) is 3.80. The van der Waals surface area contributed by atoms with Crippen LogP contribution in [0.5, 0.6) is 5.75 Å². The molecule has 2 aromatic carbocycles. The lowest BCUT2D eigenvalue weighted by Crippen LogP contribution is -2.20. The van der Waals surface area contributed by atoms with Gasteiger partial charge < -0.3 is 10.1 Å². The van der Waals surface area contributed by atoms with Gasteiger partial charge in [-0.15, -0.1) is 0 Å². The van der Waals surface area contributed by atoms with E-state index in [9.17, 15) is 4.79 Å². The lowest BCUT2D eigenvalue weighted by molar-refractivity contribution is -0.118. The Morgan fingerprint density at radius 1 is 1.05 bits per heavy atom. The maximum absolute atomic E-state index is 11.9. The van der Waals surface area contributed by atoms with E-state index in [4.69, 9.17) is 51.1 Å². The van der Waals surface area contributed by atoms with Crippen molar-refractivity contribution in [3.05, 3.63) is 56.0 Å². The average Bonchev–Trinajstić information content (AvgIpc) is 2.40. The summed E-state index contributed by atoms with van der Waals surface area (Å²) in [7, 11) is 0. The molecule has 1 amide bonds. The van der Waals surface area contributed by atoms with Crippen LogP contribution in [0.15, 0.2) is 30.3 Å². The first kappa shape index (κ1) is 17.2. The summed E-state index contributed by atoms with van der Waals surface area (Å²) in [4.78, 5) is 11.9. The molecule has 3 nitrogen and oxygen atoms in total. The normalized spacial score (nSPS) is 10.4. The summed E-state index contributed by atoms with van der Waals surface area (Å²) in [5.74, 6) is -0.175. The molecule has 22 heavy (non-hydrogen) atoms. The maximum Gasteiger partial charge on any atom is 0.262 e. The Labute approximate surface area is 148 Å². The number of carbonyl (C=O) groups excluding carboxylic acids is 1. The van der Waals surface area contributed by atoms with E-state index in [1.165, 1.54) is 12.1 Å². The van der Waals surface area contributed by atoms with Crippen molar-refractivity contribution in [1.82, 2.24) is 0 Å². The van der Waals surface area contributed by atoms with E-state index in [2.05, 4.69) is 5.32 Å². The van der Waals surface area contributed by atoms with Crippen LogP contribution in [0, 0.1) is 6.92 Å². The van der Waals surface area contributed by atoms with Gasteiger partial charge in [-0.1, -0.05) is 52.5 Å². The average molecular weight is 379 g/mol. The van der Waals surface area contributed by atoms with Gasteiger partial charge >= 0.3 is 0 Å². The van der Waals surface area contributed by atoms with E-state index >= 15 is 0 Å². The highest BCUT2D eigenvalue weighted by molar-refractivity contribution is 6.40. The summed E-state index contributed by atoms with van der Waals surface area (Å²) in [5.41, 5.74) is 1.51. The summed E-state index contributed by atoms with van der Waals surface area (Å²) in [6, 6.07) is 8.29. The van der Waals surface area contributed by atoms with Crippen LogP contribution in [0.1, 0.15) is 5.56 Å². The number of carbonyl (C=O) groups is 1. The van der Waals surface area contributed by atoms with Crippen molar-refractivity contribution in [2.75, 3.05) is 11.9 Å². The van der Waals surface area contributed by atoms with Crippen LogP contribution in [0.4, 0.5) is 5.69 Å². The molecule has 116 valence electrons. The smallest absolute Gasteiger partial charge is 0.262 e. The van der Waals surface area contributed by atoms with E-state index in [1.807, 2.05) is 13.0 Å². The molecule has 0 spiro atoms. The van der Waals surface area contributed by atoms with Gasteiger partial charge in [0, 0.05) is 5.02 Å². The molecule has 0 fully saturated rings. The predicted molar refractivity (Wildman–Crippen MR) is 91.8 cm³/mol. The van der Waals surface area contributed by atoms with Gasteiger partial charge in [0.15, 0.2) is 12.4 Å². The third kappa shape index (κ3) is 4.43. The fourth-order valence-corrected chi connectivity index (χ4v) is 2.92. The summed E-state index contributed by atoms with van der Waals surface area (Å²) in [6.07, 6.45) is 0. The number of amides is 1. The molecule has 0 radical (unpaired) electrons. The first-order chi connectivity index (χ1) is 10.4. The van der Waals surface area contributed by atoms with Crippen LogP contribution in [0.25, 0.3) is 0 Å². The zero-order valence-corrected chi connectivity index (χ0v) is 14.4. The second-order valence-electron chi connectivity index (χ2n) is 4.52. The number of hydrogen-bond acceptors (Lipinski definition) is 2. The fraction of sp³-hybridized carbons (Fsp3) is 0.133. The summed E-state index contributed by atoms with van der Waals surface area (Å²) in [6.45, 7) is 1.65. The summed E-state index contributed by atoms with van der Waals surface area (Å²) >= 11 is 23.8. The SMILES string of the molecule is Cc1ccc(NC(=O)COc2c(Cl)cc(Cl)cc2Cl)c(Cl)c1. The van der Waals surface area contributed by atoms with Crippen LogP contribution in [-0.4, -0.2) is 12.5 Å². The van der Waals surface area contributed by atoms with E-state index in [0.29, 0.717) is 15.7 Å². The number of ether oxygens (including phenoxy) is 1. The standard InChI is InChI=1S/C15H11Cl4NO2/c1-8-2-3-13(10(17)4-8)20-14(21)7-22-15-11(18)5-9(16)6-12(15)19/h2-6H,7H2,1H3,(H,20,21). The van der Waals surface area contributed by atoms with Crippen LogP contribution in [0.3, 0.4) is 0 Å².